The van der Waals surface area contributed by atoms with E-state index in [0.717, 1.165) is 37.3 Å². The molecule has 30 heavy (non-hydrogen) atoms. The standard InChI is InChI=1S/C21H21N5O3S/c1-13-15(11-23-21(24-13)26-8-3-2-4-9-26)16-12-30-19(17(16)20(28)29)25-18(27)14-6-5-7-22-10-14/h5-7,10-12H,2-4,8-9H2,1H3,(H,25,27)(H,28,29). The largest absolute Gasteiger partial charge is 0.478 e. The van der Waals surface area contributed by atoms with Crippen molar-refractivity contribution in [2.45, 2.75) is 26.2 Å². The maximum Gasteiger partial charge on any atom is 0.339 e. The quantitative estimate of drug-likeness (QED) is 0.642. The van der Waals surface area contributed by atoms with Crippen LogP contribution in [0.1, 0.15) is 45.7 Å². The van der Waals surface area contributed by atoms with Gasteiger partial charge in [0.05, 0.1) is 11.3 Å². The molecular formula is C21H21N5O3S. The van der Waals surface area contributed by atoms with Gasteiger partial charge in [0.15, 0.2) is 0 Å². The van der Waals surface area contributed by atoms with Crippen molar-refractivity contribution in [2.75, 3.05) is 23.3 Å². The molecule has 0 unspecified atom stereocenters. The summed E-state index contributed by atoms with van der Waals surface area (Å²) < 4.78 is 0. The minimum Gasteiger partial charge on any atom is -0.478 e. The molecule has 9 heteroatoms. The van der Waals surface area contributed by atoms with Gasteiger partial charge in [-0.3, -0.25) is 9.78 Å². The molecule has 0 saturated carbocycles. The van der Waals surface area contributed by atoms with E-state index in [1.54, 1.807) is 29.9 Å². The predicted octanol–water partition coefficient (Wildman–Crippen LogP) is 3.85. The molecule has 1 amide bonds. The van der Waals surface area contributed by atoms with Gasteiger partial charge < -0.3 is 15.3 Å². The van der Waals surface area contributed by atoms with E-state index >= 15 is 0 Å². The summed E-state index contributed by atoms with van der Waals surface area (Å²) in [5, 5.41) is 14.5. The van der Waals surface area contributed by atoms with E-state index in [1.807, 2.05) is 6.92 Å². The Morgan fingerprint density at radius 2 is 1.97 bits per heavy atom. The number of pyridine rings is 1. The number of carbonyl (C=O) groups excluding carboxylic acids is 1. The molecule has 0 radical (unpaired) electrons. The Morgan fingerprint density at radius 3 is 2.63 bits per heavy atom. The van der Waals surface area contributed by atoms with Gasteiger partial charge in [0.2, 0.25) is 5.95 Å². The van der Waals surface area contributed by atoms with Gasteiger partial charge in [0, 0.05) is 48.2 Å². The molecule has 0 spiro atoms. The summed E-state index contributed by atoms with van der Waals surface area (Å²) in [4.78, 5) is 39.7. The zero-order chi connectivity index (χ0) is 21.1. The van der Waals surface area contributed by atoms with Gasteiger partial charge >= 0.3 is 5.97 Å². The van der Waals surface area contributed by atoms with Gasteiger partial charge in [-0.15, -0.1) is 11.3 Å². The van der Waals surface area contributed by atoms with Crippen molar-refractivity contribution >= 4 is 34.2 Å². The van der Waals surface area contributed by atoms with Crippen LogP contribution in [0.4, 0.5) is 10.9 Å². The smallest absolute Gasteiger partial charge is 0.339 e. The highest BCUT2D eigenvalue weighted by molar-refractivity contribution is 7.15. The van der Waals surface area contributed by atoms with Crippen molar-refractivity contribution in [3.8, 4) is 11.1 Å². The molecule has 8 nitrogen and oxygen atoms in total. The second-order valence-electron chi connectivity index (χ2n) is 7.07. The number of anilines is 2. The minimum atomic E-state index is -1.12. The molecule has 0 aromatic carbocycles. The molecule has 2 N–H and O–H groups in total. The SMILES string of the molecule is Cc1nc(N2CCCCC2)ncc1-c1csc(NC(=O)c2cccnc2)c1C(=O)O. The van der Waals surface area contributed by atoms with E-state index in [1.165, 1.54) is 12.6 Å². The van der Waals surface area contributed by atoms with E-state index in [2.05, 4.69) is 25.2 Å². The van der Waals surface area contributed by atoms with E-state index in [4.69, 9.17) is 0 Å². The number of carboxylic acids is 1. The number of aryl methyl sites for hydroxylation is 1. The number of hydrogen-bond acceptors (Lipinski definition) is 7. The van der Waals surface area contributed by atoms with Crippen LogP contribution in [-0.4, -0.2) is 45.0 Å². The number of aromatic carboxylic acids is 1. The van der Waals surface area contributed by atoms with Crippen LogP contribution in [0.3, 0.4) is 0 Å². The summed E-state index contributed by atoms with van der Waals surface area (Å²) in [6.45, 7) is 3.71. The number of nitrogens with zero attached hydrogens (tertiary/aromatic N) is 4. The Bertz CT molecular complexity index is 1080. The molecular weight excluding hydrogens is 402 g/mol. The van der Waals surface area contributed by atoms with Gasteiger partial charge in [-0.1, -0.05) is 0 Å². The summed E-state index contributed by atoms with van der Waals surface area (Å²) in [5.41, 5.74) is 2.24. The summed E-state index contributed by atoms with van der Waals surface area (Å²) >= 11 is 1.16. The van der Waals surface area contributed by atoms with E-state index in [-0.39, 0.29) is 10.6 Å². The fraction of sp³-hybridized carbons (Fsp3) is 0.286. The normalized spacial score (nSPS) is 13.8. The number of thiophene rings is 1. The Hall–Kier alpha value is -3.33. The Kier molecular flexibility index (Phi) is 5.71. The van der Waals surface area contributed by atoms with Crippen LogP contribution in [0.25, 0.3) is 11.1 Å². The van der Waals surface area contributed by atoms with Gasteiger partial charge in [-0.25, -0.2) is 14.8 Å². The number of rotatable bonds is 5. The molecule has 1 saturated heterocycles. The highest BCUT2D eigenvalue weighted by Gasteiger charge is 2.24. The zero-order valence-corrected chi connectivity index (χ0v) is 17.3. The zero-order valence-electron chi connectivity index (χ0n) is 16.5. The van der Waals surface area contributed by atoms with Crippen LogP contribution in [0.5, 0.6) is 0 Å². The first kappa shape index (κ1) is 20.0. The lowest BCUT2D eigenvalue weighted by Gasteiger charge is -2.26. The first-order valence-corrected chi connectivity index (χ1v) is 10.6. The molecule has 4 heterocycles. The lowest BCUT2D eigenvalue weighted by atomic mass is 10.0. The van der Waals surface area contributed by atoms with Gasteiger partial charge in [0.25, 0.3) is 5.91 Å². The van der Waals surface area contributed by atoms with Crippen molar-refractivity contribution in [3.63, 3.8) is 0 Å². The second kappa shape index (κ2) is 8.58. The minimum absolute atomic E-state index is 0.0367. The highest BCUT2D eigenvalue weighted by atomic mass is 32.1. The summed E-state index contributed by atoms with van der Waals surface area (Å²) in [6.07, 6.45) is 8.14. The van der Waals surface area contributed by atoms with Crippen LogP contribution in [0, 0.1) is 6.92 Å². The molecule has 0 bridgehead atoms. The lowest BCUT2D eigenvalue weighted by molar-refractivity contribution is 0.0699. The Balaban J connectivity index is 1.64. The molecule has 3 aromatic rings. The number of aromatic nitrogens is 3. The Morgan fingerprint density at radius 1 is 1.17 bits per heavy atom. The number of carboxylic acid groups (broad SMARTS) is 1. The fourth-order valence-corrected chi connectivity index (χ4v) is 4.45. The summed E-state index contributed by atoms with van der Waals surface area (Å²) in [7, 11) is 0. The molecule has 154 valence electrons. The number of carbonyl (C=O) groups is 2. The maximum absolute atomic E-state index is 12.5. The molecule has 1 fully saturated rings. The van der Waals surface area contributed by atoms with E-state index in [9.17, 15) is 14.7 Å². The van der Waals surface area contributed by atoms with Crippen LogP contribution in [0.15, 0.2) is 36.1 Å². The molecule has 1 aliphatic heterocycles. The second-order valence-corrected chi connectivity index (χ2v) is 7.95. The van der Waals surface area contributed by atoms with Crippen LogP contribution < -0.4 is 10.2 Å². The van der Waals surface area contributed by atoms with Crippen molar-refractivity contribution in [1.29, 1.82) is 0 Å². The summed E-state index contributed by atoms with van der Waals surface area (Å²) in [6, 6.07) is 3.27. The topological polar surface area (TPSA) is 108 Å². The van der Waals surface area contributed by atoms with Crippen LogP contribution in [-0.2, 0) is 0 Å². The van der Waals surface area contributed by atoms with Gasteiger partial charge in [-0.2, -0.15) is 0 Å². The average molecular weight is 423 g/mol. The van der Waals surface area contributed by atoms with Gasteiger partial charge in [0.1, 0.15) is 10.6 Å². The van der Waals surface area contributed by atoms with E-state index in [0.29, 0.717) is 28.3 Å². The average Bonchev–Trinajstić information content (AvgIpc) is 3.18. The maximum atomic E-state index is 12.5. The predicted molar refractivity (Wildman–Crippen MR) is 115 cm³/mol. The molecule has 4 rings (SSSR count). The Labute approximate surface area is 177 Å². The molecule has 1 aliphatic rings. The van der Waals surface area contributed by atoms with Crippen molar-refractivity contribution in [3.05, 3.63) is 52.9 Å². The number of amides is 1. The third-order valence-electron chi connectivity index (χ3n) is 5.05. The molecule has 0 aliphatic carbocycles. The van der Waals surface area contributed by atoms with Crippen LogP contribution >= 0.6 is 11.3 Å². The fourth-order valence-electron chi connectivity index (χ4n) is 3.50. The van der Waals surface area contributed by atoms with Crippen molar-refractivity contribution in [2.24, 2.45) is 0 Å². The first-order chi connectivity index (χ1) is 14.5. The number of hydrogen-bond donors (Lipinski definition) is 2. The number of nitrogens with one attached hydrogen (secondary N) is 1. The monoisotopic (exact) mass is 423 g/mol. The van der Waals surface area contributed by atoms with E-state index < -0.39 is 11.9 Å². The summed E-state index contributed by atoms with van der Waals surface area (Å²) in [5.74, 6) is -0.854. The molecule has 3 aromatic heterocycles. The van der Waals surface area contributed by atoms with Crippen LogP contribution in [0.2, 0.25) is 0 Å². The highest BCUT2D eigenvalue weighted by Crippen LogP contribution is 2.37. The lowest BCUT2D eigenvalue weighted by Crippen LogP contribution is -2.31. The van der Waals surface area contributed by atoms with Crippen molar-refractivity contribution in [1.82, 2.24) is 15.0 Å². The number of piperidine rings is 1. The van der Waals surface area contributed by atoms with Crippen molar-refractivity contribution < 1.29 is 14.7 Å². The van der Waals surface area contributed by atoms with Gasteiger partial charge in [-0.05, 0) is 38.3 Å². The third kappa shape index (κ3) is 4.02. The first-order valence-electron chi connectivity index (χ1n) is 9.69. The third-order valence-corrected chi connectivity index (χ3v) is 5.95. The molecule has 0 atom stereocenters.